The molecule has 15 heteroatoms. The molecule has 0 radical (unpaired) electrons. The van der Waals surface area contributed by atoms with Crippen molar-refractivity contribution in [1.82, 2.24) is 16.0 Å². The number of hydrogen-bond donors (Lipinski definition) is 8. The van der Waals surface area contributed by atoms with Gasteiger partial charge in [0.05, 0.1) is 18.9 Å². The van der Waals surface area contributed by atoms with Crippen molar-refractivity contribution in [2.24, 2.45) is 17.2 Å². The minimum atomic E-state index is -1.59. The third-order valence-corrected chi connectivity index (χ3v) is 3.49. The van der Waals surface area contributed by atoms with Gasteiger partial charge in [-0.05, 0) is 6.42 Å². The van der Waals surface area contributed by atoms with Crippen molar-refractivity contribution >= 4 is 41.5 Å². The topological polar surface area (TPSA) is 274 Å². The fraction of sp³-hybridized carbons (Fsp3) is 0.533. The number of nitrogens with two attached hydrogens (primary N) is 3. The molecule has 0 aliphatic carbocycles. The van der Waals surface area contributed by atoms with E-state index in [9.17, 15) is 33.6 Å². The lowest BCUT2D eigenvalue weighted by molar-refractivity contribution is -0.139. The molecule has 168 valence electrons. The van der Waals surface area contributed by atoms with Crippen LogP contribution < -0.4 is 33.2 Å². The molecule has 0 fully saturated rings. The van der Waals surface area contributed by atoms with Crippen LogP contribution in [0.15, 0.2) is 0 Å². The molecule has 3 atom stereocenters. The van der Waals surface area contributed by atoms with Crippen LogP contribution in [0.5, 0.6) is 0 Å². The highest BCUT2D eigenvalue weighted by Gasteiger charge is 2.29. The molecule has 0 heterocycles. The van der Waals surface area contributed by atoms with Crippen molar-refractivity contribution in [3.63, 3.8) is 0 Å². The SMILES string of the molecule is NC(=O)CC(N)C(=O)NC(CCC(=O)O)C(=O)NC(CC(N)=O)C(=O)NCC(=O)O. The Balaban J connectivity index is 5.34. The molecule has 0 spiro atoms. The zero-order valence-electron chi connectivity index (χ0n) is 15.8. The molecule has 0 saturated carbocycles. The lowest BCUT2D eigenvalue weighted by atomic mass is 10.1. The largest absolute Gasteiger partial charge is 0.481 e. The molecule has 11 N–H and O–H groups in total. The molecule has 15 nitrogen and oxygen atoms in total. The molecule has 0 aromatic rings. The number of hydrogen-bond acceptors (Lipinski definition) is 8. The smallest absolute Gasteiger partial charge is 0.322 e. The molecule has 3 unspecified atom stereocenters. The molecule has 0 bridgehead atoms. The number of carboxylic acid groups (broad SMARTS) is 2. The van der Waals surface area contributed by atoms with Gasteiger partial charge in [0.25, 0.3) is 0 Å². The minimum absolute atomic E-state index is 0.420. The highest BCUT2D eigenvalue weighted by atomic mass is 16.4. The van der Waals surface area contributed by atoms with E-state index < -0.39 is 91.8 Å². The molecule has 0 aliphatic heterocycles. The number of carbonyl (C=O) groups excluding carboxylic acids is 5. The maximum absolute atomic E-state index is 12.5. The van der Waals surface area contributed by atoms with E-state index in [0.29, 0.717) is 0 Å². The van der Waals surface area contributed by atoms with Gasteiger partial charge in [0.1, 0.15) is 18.6 Å². The van der Waals surface area contributed by atoms with Gasteiger partial charge in [-0.1, -0.05) is 0 Å². The maximum atomic E-state index is 12.5. The molecular weight excluding hydrogens is 408 g/mol. The van der Waals surface area contributed by atoms with Crippen LogP contribution in [0.2, 0.25) is 0 Å². The Hall–Kier alpha value is -3.75. The number of nitrogens with one attached hydrogen (secondary N) is 3. The minimum Gasteiger partial charge on any atom is -0.481 e. The summed E-state index contributed by atoms with van der Waals surface area (Å²) >= 11 is 0. The molecule has 0 aliphatic rings. The van der Waals surface area contributed by atoms with E-state index in [1.165, 1.54) is 0 Å². The molecule has 5 amide bonds. The summed E-state index contributed by atoms with van der Waals surface area (Å²) in [4.78, 5) is 79.9. The normalized spacial score (nSPS) is 13.2. The zero-order valence-corrected chi connectivity index (χ0v) is 15.8. The van der Waals surface area contributed by atoms with Gasteiger partial charge in [0.15, 0.2) is 0 Å². The van der Waals surface area contributed by atoms with Crippen LogP contribution in [0, 0.1) is 0 Å². The van der Waals surface area contributed by atoms with Gasteiger partial charge in [-0.3, -0.25) is 33.6 Å². The van der Waals surface area contributed by atoms with Gasteiger partial charge in [0.2, 0.25) is 29.5 Å². The highest BCUT2D eigenvalue weighted by Crippen LogP contribution is 2.02. The quantitative estimate of drug-likeness (QED) is 0.129. The molecule has 0 rings (SSSR count). The van der Waals surface area contributed by atoms with E-state index in [0.717, 1.165) is 0 Å². The maximum Gasteiger partial charge on any atom is 0.322 e. The highest BCUT2D eigenvalue weighted by molar-refractivity contribution is 5.96. The predicted octanol–water partition coefficient (Wildman–Crippen LogP) is -4.90. The fourth-order valence-corrected chi connectivity index (χ4v) is 2.09. The molecule has 0 saturated heterocycles. The monoisotopic (exact) mass is 432 g/mol. The second-order valence-electron chi connectivity index (χ2n) is 6.11. The van der Waals surface area contributed by atoms with Crippen LogP contribution in [0.25, 0.3) is 0 Å². The average molecular weight is 432 g/mol. The number of primary amides is 2. The number of carboxylic acids is 2. The van der Waals surface area contributed by atoms with E-state index in [2.05, 4.69) is 10.6 Å². The summed E-state index contributed by atoms with van der Waals surface area (Å²) in [5, 5.41) is 23.6. The van der Waals surface area contributed by atoms with E-state index in [-0.39, 0.29) is 0 Å². The summed E-state index contributed by atoms with van der Waals surface area (Å²) in [7, 11) is 0. The van der Waals surface area contributed by atoms with Crippen LogP contribution in [0.1, 0.15) is 25.7 Å². The summed E-state index contributed by atoms with van der Waals surface area (Å²) in [6, 6.07) is -4.50. The summed E-state index contributed by atoms with van der Waals surface area (Å²) in [5.74, 6) is -7.66. The summed E-state index contributed by atoms with van der Waals surface area (Å²) in [6.45, 7) is -0.800. The first-order chi connectivity index (χ1) is 13.8. The number of carbonyl (C=O) groups is 7. The van der Waals surface area contributed by atoms with Gasteiger partial charge in [-0.25, -0.2) is 0 Å². The van der Waals surface area contributed by atoms with Crippen molar-refractivity contribution < 1.29 is 43.8 Å². The van der Waals surface area contributed by atoms with E-state index in [4.69, 9.17) is 27.4 Å². The van der Waals surface area contributed by atoms with Crippen LogP contribution >= 0.6 is 0 Å². The van der Waals surface area contributed by atoms with Gasteiger partial charge >= 0.3 is 11.9 Å². The van der Waals surface area contributed by atoms with Gasteiger partial charge < -0.3 is 43.4 Å². The molecule has 0 aromatic carbocycles. The number of rotatable bonds is 14. The zero-order chi connectivity index (χ0) is 23.4. The van der Waals surface area contributed by atoms with Crippen LogP contribution in [-0.2, 0) is 33.6 Å². The molecule has 30 heavy (non-hydrogen) atoms. The van der Waals surface area contributed by atoms with Crippen molar-refractivity contribution in [2.45, 2.75) is 43.8 Å². The number of aliphatic carboxylic acids is 2. The third kappa shape index (κ3) is 11.2. The Morgan fingerprint density at radius 1 is 0.733 bits per heavy atom. The first kappa shape index (κ1) is 26.2. The van der Waals surface area contributed by atoms with Crippen molar-refractivity contribution in [3.8, 4) is 0 Å². The first-order valence-electron chi connectivity index (χ1n) is 8.47. The van der Waals surface area contributed by atoms with Crippen LogP contribution in [0.4, 0.5) is 0 Å². The third-order valence-electron chi connectivity index (χ3n) is 3.49. The number of amides is 5. The van der Waals surface area contributed by atoms with Crippen LogP contribution in [0.3, 0.4) is 0 Å². The second kappa shape index (κ2) is 12.7. The lowest BCUT2D eigenvalue weighted by Gasteiger charge is -2.23. The summed E-state index contributed by atoms with van der Waals surface area (Å²) in [6.07, 6.45) is -2.22. The van der Waals surface area contributed by atoms with Gasteiger partial charge in [-0.2, -0.15) is 0 Å². The Labute approximate surface area is 169 Å². The standard InChI is InChI=1S/C15H24N6O9/c16-6(3-9(17)22)13(28)20-7(1-2-11(24)25)15(30)21-8(4-10(18)23)14(29)19-5-12(26)27/h6-8H,1-5,16H2,(H2,17,22)(H2,18,23)(H,19,29)(H,20,28)(H,21,30)(H,24,25)(H,26,27). The lowest BCUT2D eigenvalue weighted by Crippen LogP contribution is -2.57. The van der Waals surface area contributed by atoms with Gasteiger partial charge in [-0.15, -0.1) is 0 Å². The summed E-state index contributed by atoms with van der Waals surface area (Å²) < 4.78 is 0. The summed E-state index contributed by atoms with van der Waals surface area (Å²) in [5.41, 5.74) is 15.4. The van der Waals surface area contributed by atoms with E-state index in [1.54, 1.807) is 0 Å². The Morgan fingerprint density at radius 3 is 1.73 bits per heavy atom. The fourth-order valence-electron chi connectivity index (χ4n) is 2.09. The van der Waals surface area contributed by atoms with E-state index in [1.807, 2.05) is 5.32 Å². The molecular formula is C15H24N6O9. The van der Waals surface area contributed by atoms with Crippen molar-refractivity contribution in [1.29, 1.82) is 0 Å². The first-order valence-corrected chi connectivity index (χ1v) is 8.47. The second-order valence-corrected chi connectivity index (χ2v) is 6.11. The Bertz CT molecular complexity index is 711. The Morgan fingerprint density at radius 2 is 1.27 bits per heavy atom. The Kier molecular flexibility index (Phi) is 11.1. The predicted molar refractivity (Wildman–Crippen MR) is 97.0 cm³/mol. The van der Waals surface area contributed by atoms with Crippen LogP contribution in [-0.4, -0.2) is 76.4 Å². The molecule has 0 aromatic heterocycles. The van der Waals surface area contributed by atoms with Crippen molar-refractivity contribution in [3.05, 3.63) is 0 Å². The average Bonchev–Trinajstić information content (AvgIpc) is 2.60. The van der Waals surface area contributed by atoms with Crippen molar-refractivity contribution in [2.75, 3.05) is 6.54 Å². The van der Waals surface area contributed by atoms with E-state index >= 15 is 0 Å². The van der Waals surface area contributed by atoms with Gasteiger partial charge in [0, 0.05) is 6.42 Å².